The van der Waals surface area contributed by atoms with Crippen molar-refractivity contribution in [2.75, 3.05) is 0 Å². The number of carboxylic acids is 1. The third kappa shape index (κ3) is 1.60. The highest BCUT2D eigenvalue weighted by Crippen LogP contribution is 2.35. The van der Waals surface area contributed by atoms with Gasteiger partial charge in [-0.15, -0.1) is 0 Å². The predicted octanol–water partition coefficient (Wildman–Crippen LogP) is 2.99. The Morgan fingerprint density at radius 1 is 1.39 bits per heavy atom. The van der Waals surface area contributed by atoms with Gasteiger partial charge in [-0.1, -0.05) is 0 Å². The third-order valence-electron chi connectivity index (χ3n) is 3.61. The highest BCUT2D eigenvalue weighted by Gasteiger charge is 2.34. The molecule has 0 saturated heterocycles. The second kappa shape index (κ2) is 3.83. The minimum Gasteiger partial charge on any atom is -0.481 e. The summed E-state index contributed by atoms with van der Waals surface area (Å²) in [6.07, 6.45) is 0. The van der Waals surface area contributed by atoms with E-state index in [2.05, 4.69) is 0 Å². The maximum absolute atomic E-state index is 13.4. The molecule has 0 bridgehead atoms. The number of hydrogen-bond donors (Lipinski definition) is 1. The van der Waals surface area contributed by atoms with Crippen molar-refractivity contribution >= 4 is 16.9 Å². The zero-order chi connectivity index (χ0) is 13.7. The van der Waals surface area contributed by atoms with Crippen molar-refractivity contribution in [3.8, 4) is 0 Å². The molecule has 0 radical (unpaired) electrons. The van der Waals surface area contributed by atoms with Crippen LogP contribution in [0.2, 0.25) is 0 Å². The Balaban J connectivity index is 2.90. The monoisotopic (exact) mass is 249 g/mol. The summed E-state index contributed by atoms with van der Waals surface area (Å²) in [5.41, 5.74) is 1.32. The lowest BCUT2D eigenvalue weighted by Gasteiger charge is -2.20. The molecule has 0 aliphatic heterocycles. The number of aryl methyl sites for hydroxylation is 1. The minimum atomic E-state index is -1.04. The van der Waals surface area contributed by atoms with Gasteiger partial charge in [-0.3, -0.25) is 4.79 Å². The van der Waals surface area contributed by atoms with E-state index in [1.807, 2.05) is 18.5 Å². The first-order chi connectivity index (χ1) is 8.26. The molecule has 1 N–H and O–H groups in total. The van der Waals surface area contributed by atoms with Gasteiger partial charge in [0.25, 0.3) is 0 Å². The number of aromatic nitrogens is 1. The summed E-state index contributed by atoms with van der Waals surface area (Å²) in [5, 5.41) is 10.0. The second-order valence-corrected chi connectivity index (χ2v) is 5.11. The molecule has 0 unspecified atom stereocenters. The van der Waals surface area contributed by atoms with Crippen molar-refractivity contribution in [3.63, 3.8) is 0 Å². The van der Waals surface area contributed by atoms with E-state index in [-0.39, 0.29) is 5.82 Å². The van der Waals surface area contributed by atoms with Gasteiger partial charge in [0, 0.05) is 23.6 Å². The van der Waals surface area contributed by atoms with E-state index in [0.717, 1.165) is 11.2 Å². The lowest BCUT2D eigenvalue weighted by Crippen LogP contribution is -2.29. The molecule has 0 amide bonds. The first-order valence-electron chi connectivity index (χ1n) is 5.75. The van der Waals surface area contributed by atoms with Crippen molar-refractivity contribution in [2.24, 2.45) is 7.05 Å². The van der Waals surface area contributed by atoms with Crippen molar-refractivity contribution in [1.82, 2.24) is 4.57 Å². The molecule has 1 heterocycles. The molecule has 18 heavy (non-hydrogen) atoms. The Hall–Kier alpha value is -1.84. The average molecular weight is 249 g/mol. The lowest BCUT2D eigenvalue weighted by molar-refractivity contribution is -0.142. The Kier molecular flexibility index (Phi) is 2.69. The Morgan fingerprint density at radius 2 is 2.00 bits per heavy atom. The van der Waals surface area contributed by atoms with Gasteiger partial charge in [0.2, 0.25) is 0 Å². The zero-order valence-electron chi connectivity index (χ0n) is 10.9. The summed E-state index contributed by atoms with van der Waals surface area (Å²) in [5.74, 6) is -1.27. The van der Waals surface area contributed by atoms with Crippen LogP contribution in [0.3, 0.4) is 0 Å². The van der Waals surface area contributed by atoms with Crippen LogP contribution < -0.4 is 0 Å². The van der Waals surface area contributed by atoms with E-state index in [0.29, 0.717) is 10.9 Å². The number of benzene rings is 1. The smallest absolute Gasteiger partial charge is 0.313 e. The Bertz CT molecular complexity index is 641. The largest absolute Gasteiger partial charge is 0.481 e. The van der Waals surface area contributed by atoms with Crippen molar-refractivity contribution in [3.05, 3.63) is 35.3 Å². The van der Waals surface area contributed by atoms with E-state index in [1.54, 1.807) is 19.9 Å². The highest BCUT2D eigenvalue weighted by atomic mass is 19.1. The summed E-state index contributed by atoms with van der Waals surface area (Å²) in [4.78, 5) is 11.4. The highest BCUT2D eigenvalue weighted by molar-refractivity contribution is 5.93. The standard InChI is InChI=1S/C14H16FNO2/c1-8-12(14(2,3)13(17)18)10-7-9(15)5-6-11(10)16(8)4/h5-7H,1-4H3,(H,17,18). The number of fused-ring (bicyclic) bond motifs is 1. The van der Waals surface area contributed by atoms with Crippen molar-refractivity contribution in [2.45, 2.75) is 26.2 Å². The maximum atomic E-state index is 13.4. The topological polar surface area (TPSA) is 42.2 Å². The van der Waals surface area contributed by atoms with E-state index < -0.39 is 11.4 Å². The number of hydrogen-bond acceptors (Lipinski definition) is 1. The molecular formula is C14H16FNO2. The second-order valence-electron chi connectivity index (χ2n) is 5.11. The van der Waals surface area contributed by atoms with E-state index in [9.17, 15) is 14.3 Å². The van der Waals surface area contributed by atoms with Crippen LogP contribution in [-0.4, -0.2) is 15.6 Å². The van der Waals surface area contributed by atoms with Crippen molar-refractivity contribution < 1.29 is 14.3 Å². The van der Waals surface area contributed by atoms with Crippen LogP contribution in [-0.2, 0) is 17.3 Å². The van der Waals surface area contributed by atoms with E-state index in [4.69, 9.17) is 0 Å². The minimum absolute atomic E-state index is 0.351. The van der Waals surface area contributed by atoms with Crippen LogP contribution >= 0.6 is 0 Å². The summed E-state index contributed by atoms with van der Waals surface area (Å²) >= 11 is 0. The van der Waals surface area contributed by atoms with Crippen molar-refractivity contribution in [1.29, 1.82) is 0 Å². The average Bonchev–Trinajstić information content (AvgIpc) is 2.51. The first-order valence-corrected chi connectivity index (χ1v) is 5.75. The van der Waals surface area contributed by atoms with Gasteiger partial charge < -0.3 is 9.67 Å². The van der Waals surface area contributed by atoms with Gasteiger partial charge in [-0.05, 0) is 44.5 Å². The number of carboxylic acid groups (broad SMARTS) is 1. The van der Waals surface area contributed by atoms with Crippen LogP contribution in [0.4, 0.5) is 4.39 Å². The molecule has 2 rings (SSSR count). The maximum Gasteiger partial charge on any atom is 0.313 e. The Labute approximate surface area is 105 Å². The molecule has 2 aromatic rings. The molecule has 0 aliphatic rings. The molecule has 1 aromatic heterocycles. The van der Waals surface area contributed by atoms with Gasteiger partial charge in [0.1, 0.15) is 5.82 Å². The van der Waals surface area contributed by atoms with Crippen LogP contribution in [0.25, 0.3) is 10.9 Å². The molecule has 0 spiro atoms. The number of halogens is 1. The fourth-order valence-corrected chi connectivity index (χ4v) is 2.44. The lowest BCUT2D eigenvalue weighted by atomic mass is 9.83. The molecule has 0 atom stereocenters. The number of rotatable bonds is 2. The summed E-state index contributed by atoms with van der Waals surface area (Å²) < 4.78 is 15.3. The fourth-order valence-electron chi connectivity index (χ4n) is 2.44. The third-order valence-corrected chi connectivity index (χ3v) is 3.61. The number of nitrogens with zero attached hydrogens (tertiary/aromatic N) is 1. The molecule has 1 aromatic carbocycles. The van der Waals surface area contributed by atoms with E-state index >= 15 is 0 Å². The predicted molar refractivity (Wildman–Crippen MR) is 68.3 cm³/mol. The summed E-state index contributed by atoms with van der Waals surface area (Å²) in [7, 11) is 1.86. The van der Waals surface area contributed by atoms with Gasteiger partial charge in [0.15, 0.2) is 0 Å². The molecule has 96 valence electrons. The molecule has 0 saturated carbocycles. The van der Waals surface area contributed by atoms with Crippen LogP contribution in [0.5, 0.6) is 0 Å². The molecular weight excluding hydrogens is 233 g/mol. The summed E-state index contributed by atoms with van der Waals surface area (Å²) in [6.45, 7) is 5.14. The van der Waals surface area contributed by atoms with Gasteiger partial charge in [-0.2, -0.15) is 0 Å². The van der Waals surface area contributed by atoms with E-state index in [1.165, 1.54) is 12.1 Å². The summed E-state index contributed by atoms with van der Waals surface area (Å²) in [6, 6.07) is 4.47. The van der Waals surface area contributed by atoms with Crippen LogP contribution in [0.1, 0.15) is 25.1 Å². The quantitative estimate of drug-likeness (QED) is 0.889. The Morgan fingerprint density at radius 3 is 2.56 bits per heavy atom. The molecule has 0 aliphatic carbocycles. The first kappa shape index (κ1) is 12.6. The normalized spacial score (nSPS) is 12.1. The molecule has 3 nitrogen and oxygen atoms in total. The fraction of sp³-hybridized carbons (Fsp3) is 0.357. The molecule has 4 heteroatoms. The molecule has 0 fully saturated rings. The zero-order valence-corrected chi connectivity index (χ0v) is 10.9. The van der Waals surface area contributed by atoms with Gasteiger partial charge >= 0.3 is 5.97 Å². The van der Waals surface area contributed by atoms with Gasteiger partial charge in [0.05, 0.1) is 5.41 Å². The number of aliphatic carboxylic acids is 1. The van der Waals surface area contributed by atoms with Gasteiger partial charge in [-0.25, -0.2) is 4.39 Å². The van der Waals surface area contributed by atoms with Crippen LogP contribution in [0.15, 0.2) is 18.2 Å². The SMILES string of the molecule is Cc1c(C(C)(C)C(=O)O)c2cc(F)ccc2n1C. The van der Waals surface area contributed by atoms with Crippen LogP contribution in [0, 0.1) is 12.7 Å². The number of carbonyl (C=O) groups is 1.